The molecule has 4 fully saturated rings. The van der Waals surface area contributed by atoms with Crippen LogP contribution in [-0.4, -0.2) is 15.0 Å². The Morgan fingerprint density at radius 1 is 0.438 bits per heavy atom. The Labute approximate surface area is 281 Å². The second-order valence-corrected chi connectivity index (χ2v) is 14.8. The highest BCUT2D eigenvalue weighted by Gasteiger charge is 2.60. The zero-order valence-electron chi connectivity index (χ0n) is 27.0. The van der Waals surface area contributed by atoms with Crippen molar-refractivity contribution in [3.63, 3.8) is 0 Å². The van der Waals surface area contributed by atoms with Crippen molar-refractivity contribution < 1.29 is 0 Å². The first-order valence-corrected chi connectivity index (χ1v) is 17.5. The molecular formula is C45H37N3. The summed E-state index contributed by atoms with van der Waals surface area (Å²) >= 11 is 0. The molecular weight excluding hydrogens is 583 g/mol. The van der Waals surface area contributed by atoms with Crippen LogP contribution in [0.3, 0.4) is 0 Å². The fraction of sp³-hybridized carbons (Fsp3) is 0.222. The predicted octanol–water partition coefficient (Wildman–Crippen LogP) is 11.0. The van der Waals surface area contributed by atoms with E-state index in [4.69, 9.17) is 15.0 Å². The molecule has 6 aromatic carbocycles. The summed E-state index contributed by atoms with van der Waals surface area (Å²) in [5.41, 5.74) is 6.09. The average molecular weight is 620 g/mol. The van der Waals surface area contributed by atoms with Gasteiger partial charge in [-0.25, -0.2) is 15.0 Å². The van der Waals surface area contributed by atoms with Gasteiger partial charge in [-0.15, -0.1) is 0 Å². The third kappa shape index (κ3) is 4.44. The summed E-state index contributed by atoms with van der Waals surface area (Å²) in [5.74, 6) is 3.93. The molecule has 4 saturated carbocycles. The highest BCUT2D eigenvalue weighted by molar-refractivity contribution is 6.09. The van der Waals surface area contributed by atoms with E-state index in [1.165, 1.54) is 64.8 Å². The molecule has 3 heteroatoms. The van der Waals surface area contributed by atoms with Crippen LogP contribution >= 0.6 is 0 Å². The van der Waals surface area contributed by atoms with Crippen molar-refractivity contribution in [2.24, 2.45) is 11.8 Å². The molecule has 0 spiro atoms. The van der Waals surface area contributed by atoms with Crippen molar-refractivity contribution in [2.45, 2.75) is 49.4 Å². The lowest BCUT2D eigenvalue weighted by molar-refractivity contribution is -0.0312. The minimum absolute atomic E-state index is 0.0674. The fourth-order valence-electron chi connectivity index (χ4n) is 10.2. The zero-order valence-corrected chi connectivity index (χ0v) is 27.0. The van der Waals surface area contributed by atoms with E-state index in [-0.39, 0.29) is 10.8 Å². The van der Waals surface area contributed by atoms with Crippen LogP contribution in [0.4, 0.5) is 0 Å². The molecule has 3 nitrogen and oxygen atoms in total. The summed E-state index contributed by atoms with van der Waals surface area (Å²) in [6.07, 6.45) is 7.29. The van der Waals surface area contributed by atoms with Gasteiger partial charge in [-0.1, -0.05) is 133 Å². The minimum atomic E-state index is -0.0674. The lowest BCUT2D eigenvalue weighted by Gasteiger charge is -2.62. The van der Waals surface area contributed by atoms with Crippen molar-refractivity contribution in [1.82, 2.24) is 15.0 Å². The van der Waals surface area contributed by atoms with Crippen LogP contribution in [0.15, 0.2) is 140 Å². The lowest BCUT2D eigenvalue weighted by Crippen LogP contribution is -2.56. The topological polar surface area (TPSA) is 38.7 Å². The molecule has 232 valence electrons. The molecule has 48 heavy (non-hydrogen) atoms. The van der Waals surface area contributed by atoms with Gasteiger partial charge in [0.25, 0.3) is 0 Å². The second kappa shape index (κ2) is 10.7. The summed E-state index contributed by atoms with van der Waals surface area (Å²) in [4.78, 5) is 16.0. The van der Waals surface area contributed by atoms with E-state index in [1.807, 2.05) is 0 Å². The summed E-state index contributed by atoms with van der Waals surface area (Å²) in [6, 6.07) is 50.4. The first-order valence-electron chi connectivity index (χ1n) is 17.5. The van der Waals surface area contributed by atoms with Gasteiger partial charge < -0.3 is 0 Å². The normalized spacial score (nSPS) is 24.3. The van der Waals surface area contributed by atoms with E-state index in [0.717, 1.165) is 35.0 Å². The van der Waals surface area contributed by atoms with E-state index < -0.39 is 0 Å². The highest BCUT2D eigenvalue weighted by atomic mass is 15.1. The van der Waals surface area contributed by atoms with Crippen LogP contribution in [0.5, 0.6) is 0 Å². The number of fused-ring (bicyclic) bond motifs is 3. The monoisotopic (exact) mass is 619 g/mol. The number of rotatable bonds is 5. The Hall–Kier alpha value is -5.15. The molecule has 0 aliphatic heterocycles. The van der Waals surface area contributed by atoms with E-state index in [2.05, 4.69) is 140 Å². The van der Waals surface area contributed by atoms with Crippen molar-refractivity contribution >= 4 is 21.5 Å². The SMILES string of the molecule is c1ccc(-c2ccc(-c3nc(-c4ccccc4)nc(C45CC6CC(C4)CC(c4cc7ccccc7c7ccccc47)(C6)C5)n3)cc2)cc1. The third-order valence-corrected chi connectivity index (χ3v) is 11.8. The minimum Gasteiger partial charge on any atom is -0.212 e. The van der Waals surface area contributed by atoms with Crippen molar-refractivity contribution in [3.8, 4) is 33.9 Å². The summed E-state index contributed by atoms with van der Waals surface area (Å²) in [7, 11) is 0. The lowest BCUT2D eigenvalue weighted by atomic mass is 9.42. The van der Waals surface area contributed by atoms with E-state index in [9.17, 15) is 0 Å². The van der Waals surface area contributed by atoms with Crippen molar-refractivity contribution in [2.75, 3.05) is 0 Å². The molecule has 1 aromatic heterocycles. The standard InChI is InChI=1S/C45H37N3/c1-3-11-32(12-4-1)33-19-21-35(22-20-33)42-46-41(34-13-5-2-6-14-34)47-43(48-42)45-27-30-23-31(28-45)26-44(25-30,29-45)40-24-36-15-7-8-16-37(36)38-17-9-10-18-39(38)40/h1-22,24,30-31H,23,25-29H2. The molecule has 1 heterocycles. The van der Waals surface area contributed by atoms with Crippen LogP contribution in [0, 0.1) is 11.8 Å². The van der Waals surface area contributed by atoms with Gasteiger partial charge in [0, 0.05) is 16.5 Å². The molecule has 4 bridgehead atoms. The average Bonchev–Trinajstić information content (AvgIpc) is 3.14. The molecule has 0 saturated heterocycles. The van der Waals surface area contributed by atoms with E-state index >= 15 is 0 Å². The van der Waals surface area contributed by atoms with Gasteiger partial charge in [-0.2, -0.15) is 0 Å². The molecule has 2 atom stereocenters. The van der Waals surface area contributed by atoms with Gasteiger partial charge in [0.15, 0.2) is 11.6 Å². The number of benzene rings is 6. The van der Waals surface area contributed by atoms with Crippen LogP contribution < -0.4 is 0 Å². The maximum Gasteiger partial charge on any atom is 0.163 e. The van der Waals surface area contributed by atoms with Crippen LogP contribution in [0.25, 0.3) is 55.4 Å². The van der Waals surface area contributed by atoms with Gasteiger partial charge in [-0.05, 0) is 100 Å². The Morgan fingerprint density at radius 2 is 0.938 bits per heavy atom. The van der Waals surface area contributed by atoms with Crippen LogP contribution in [0.1, 0.15) is 49.9 Å². The van der Waals surface area contributed by atoms with Crippen molar-refractivity contribution in [3.05, 3.63) is 151 Å². The molecule has 0 N–H and O–H groups in total. The van der Waals surface area contributed by atoms with E-state index in [0.29, 0.717) is 11.8 Å². The van der Waals surface area contributed by atoms with Crippen LogP contribution in [0.2, 0.25) is 0 Å². The third-order valence-electron chi connectivity index (χ3n) is 11.8. The molecule has 2 unspecified atom stereocenters. The maximum atomic E-state index is 5.44. The smallest absolute Gasteiger partial charge is 0.163 e. The largest absolute Gasteiger partial charge is 0.212 e. The van der Waals surface area contributed by atoms with Gasteiger partial charge in [-0.3, -0.25) is 0 Å². The molecule has 4 aliphatic carbocycles. The molecule has 7 aromatic rings. The zero-order chi connectivity index (χ0) is 31.7. The summed E-state index contributed by atoms with van der Waals surface area (Å²) < 4.78 is 0. The summed E-state index contributed by atoms with van der Waals surface area (Å²) in [5, 5.41) is 5.50. The second-order valence-electron chi connectivity index (χ2n) is 14.8. The first kappa shape index (κ1) is 27.9. The first-order chi connectivity index (χ1) is 23.6. The van der Waals surface area contributed by atoms with Gasteiger partial charge in [0.2, 0.25) is 0 Å². The van der Waals surface area contributed by atoms with Crippen LogP contribution in [-0.2, 0) is 10.8 Å². The Bertz CT molecular complexity index is 2300. The number of aromatic nitrogens is 3. The fourth-order valence-corrected chi connectivity index (χ4v) is 10.2. The quantitative estimate of drug-likeness (QED) is 0.180. The van der Waals surface area contributed by atoms with E-state index in [1.54, 1.807) is 5.56 Å². The molecule has 0 amide bonds. The molecule has 0 radical (unpaired) electrons. The molecule has 4 aliphatic rings. The summed E-state index contributed by atoms with van der Waals surface area (Å²) in [6.45, 7) is 0. The van der Waals surface area contributed by atoms with Gasteiger partial charge >= 0.3 is 0 Å². The number of nitrogens with zero attached hydrogens (tertiary/aromatic N) is 3. The predicted molar refractivity (Wildman–Crippen MR) is 196 cm³/mol. The maximum absolute atomic E-state index is 5.44. The number of hydrogen-bond acceptors (Lipinski definition) is 3. The highest BCUT2D eigenvalue weighted by Crippen LogP contribution is 2.66. The molecule has 11 rings (SSSR count). The van der Waals surface area contributed by atoms with Gasteiger partial charge in [0.1, 0.15) is 5.82 Å². The Morgan fingerprint density at radius 3 is 1.62 bits per heavy atom. The number of hydrogen-bond donors (Lipinski definition) is 0. The van der Waals surface area contributed by atoms with Gasteiger partial charge in [0.05, 0.1) is 0 Å². The Balaban J connectivity index is 1.13. The Kier molecular flexibility index (Phi) is 6.21. The van der Waals surface area contributed by atoms with Crippen molar-refractivity contribution in [1.29, 1.82) is 0 Å².